The highest BCUT2D eigenvalue weighted by Crippen LogP contribution is 2.38. The molecule has 1 aliphatic carbocycles. The summed E-state index contributed by atoms with van der Waals surface area (Å²) >= 11 is 7.45. The molecule has 1 aromatic carbocycles. The normalized spacial score (nSPS) is 16.9. The summed E-state index contributed by atoms with van der Waals surface area (Å²) in [6.07, 6.45) is 9.92. The zero-order valence-electron chi connectivity index (χ0n) is 19.3. The monoisotopic (exact) mass is 483 g/mol. The molecule has 0 unspecified atom stereocenters. The molecule has 0 bridgehead atoms. The number of carbonyl (C=O) groups is 1. The average molecular weight is 484 g/mol. The molecule has 2 aliphatic rings. The number of ether oxygens (including phenoxy) is 1. The third kappa shape index (κ3) is 6.22. The van der Waals surface area contributed by atoms with Crippen LogP contribution < -0.4 is 5.32 Å². The number of piperazine rings is 1. The number of thiocarbonyl (C=S) groups is 1. The minimum atomic E-state index is -0.225. The molecule has 7 heteroatoms. The molecule has 0 atom stereocenters. The summed E-state index contributed by atoms with van der Waals surface area (Å²) in [6, 6.07) is 10.4. The molecule has 2 heterocycles. The second-order valence-electron chi connectivity index (χ2n) is 8.52. The molecule has 1 saturated heterocycles. The van der Waals surface area contributed by atoms with Gasteiger partial charge in [-0.2, -0.15) is 0 Å². The van der Waals surface area contributed by atoms with Gasteiger partial charge in [0.25, 0.3) is 0 Å². The maximum Gasteiger partial charge on any atom is 0.341 e. The van der Waals surface area contributed by atoms with Crippen LogP contribution >= 0.6 is 23.6 Å². The van der Waals surface area contributed by atoms with Crippen molar-refractivity contribution in [3.05, 3.63) is 58.0 Å². The van der Waals surface area contributed by atoms with Gasteiger partial charge < -0.3 is 15.0 Å². The summed E-state index contributed by atoms with van der Waals surface area (Å²) in [7, 11) is 0. The number of thiophene rings is 1. The molecule has 0 saturated carbocycles. The Morgan fingerprint density at radius 1 is 1.12 bits per heavy atom. The van der Waals surface area contributed by atoms with Crippen LogP contribution in [0.4, 0.5) is 5.00 Å². The van der Waals surface area contributed by atoms with Gasteiger partial charge in [-0.15, -0.1) is 11.3 Å². The zero-order valence-corrected chi connectivity index (χ0v) is 21.0. The van der Waals surface area contributed by atoms with Crippen molar-refractivity contribution in [1.82, 2.24) is 9.80 Å². The molecule has 33 heavy (non-hydrogen) atoms. The Bertz CT molecular complexity index is 979. The fourth-order valence-corrected chi connectivity index (χ4v) is 6.09. The minimum absolute atomic E-state index is 0.225. The number of nitrogens with one attached hydrogen (secondary N) is 1. The number of aryl methyl sites for hydroxylation is 1. The van der Waals surface area contributed by atoms with E-state index in [0.29, 0.717) is 17.3 Å². The fourth-order valence-electron chi connectivity index (χ4n) is 4.46. The Morgan fingerprint density at radius 2 is 1.88 bits per heavy atom. The Labute approximate surface area is 206 Å². The summed E-state index contributed by atoms with van der Waals surface area (Å²) in [6.45, 7) is 6.87. The van der Waals surface area contributed by atoms with Crippen LogP contribution in [0.3, 0.4) is 0 Å². The number of hydrogen-bond donors (Lipinski definition) is 1. The van der Waals surface area contributed by atoms with E-state index in [-0.39, 0.29) is 5.97 Å². The van der Waals surface area contributed by atoms with Crippen molar-refractivity contribution in [2.45, 2.75) is 39.0 Å². The highest BCUT2D eigenvalue weighted by Gasteiger charge is 2.27. The quantitative estimate of drug-likeness (QED) is 0.345. The van der Waals surface area contributed by atoms with Crippen molar-refractivity contribution >= 4 is 45.7 Å². The number of rotatable bonds is 6. The minimum Gasteiger partial charge on any atom is -0.462 e. The van der Waals surface area contributed by atoms with Gasteiger partial charge in [0.1, 0.15) is 5.00 Å². The van der Waals surface area contributed by atoms with Gasteiger partial charge in [-0.1, -0.05) is 48.9 Å². The zero-order chi connectivity index (χ0) is 23.0. The maximum atomic E-state index is 12.8. The lowest BCUT2D eigenvalue weighted by Gasteiger charge is -2.35. The largest absolute Gasteiger partial charge is 0.462 e. The van der Waals surface area contributed by atoms with E-state index >= 15 is 0 Å². The molecule has 1 aromatic heterocycles. The Morgan fingerprint density at radius 3 is 2.64 bits per heavy atom. The van der Waals surface area contributed by atoms with E-state index in [1.165, 1.54) is 28.8 Å². The number of esters is 1. The van der Waals surface area contributed by atoms with Crippen LogP contribution in [0.2, 0.25) is 0 Å². The van der Waals surface area contributed by atoms with Crippen molar-refractivity contribution in [1.29, 1.82) is 0 Å². The number of anilines is 1. The fraction of sp³-hybridized carbons (Fsp3) is 0.462. The van der Waals surface area contributed by atoms with Gasteiger partial charge in [0.2, 0.25) is 0 Å². The summed E-state index contributed by atoms with van der Waals surface area (Å²) in [5, 5.41) is 4.98. The Kier molecular flexibility index (Phi) is 8.53. The average Bonchev–Trinajstić information content (AvgIpc) is 3.00. The van der Waals surface area contributed by atoms with Crippen molar-refractivity contribution in [2.75, 3.05) is 44.6 Å². The smallest absolute Gasteiger partial charge is 0.341 e. The van der Waals surface area contributed by atoms with Gasteiger partial charge in [-0.05, 0) is 56.0 Å². The van der Waals surface area contributed by atoms with Crippen LogP contribution in [0.1, 0.15) is 52.5 Å². The maximum absolute atomic E-state index is 12.8. The topological polar surface area (TPSA) is 44.8 Å². The number of carbonyl (C=O) groups excluding carboxylic acids is 1. The predicted octanol–water partition coefficient (Wildman–Crippen LogP) is 5.22. The van der Waals surface area contributed by atoms with E-state index in [2.05, 4.69) is 51.5 Å². The van der Waals surface area contributed by atoms with Crippen molar-refractivity contribution < 1.29 is 9.53 Å². The lowest BCUT2D eigenvalue weighted by Crippen LogP contribution is -2.49. The highest BCUT2D eigenvalue weighted by atomic mass is 32.1. The first-order valence-electron chi connectivity index (χ1n) is 12.0. The predicted molar refractivity (Wildman–Crippen MR) is 141 cm³/mol. The van der Waals surface area contributed by atoms with Crippen LogP contribution in [0, 0.1) is 0 Å². The molecule has 1 N–H and O–H groups in total. The van der Waals surface area contributed by atoms with Crippen molar-refractivity contribution in [2.24, 2.45) is 0 Å². The van der Waals surface area contributed by atoms with E-state index < -0.39 is 0 Å². The summed E-state index contributed by atoms with van der Waals surface area (Å²) in [4.78, 5) is 18.8. The number of benzene rings is 1. The first kappa shape index (κ1) is 23.9. The number of nitrogens with zero attached hydrogens (tertiary/aromatic N) is 2. The molecule has 0 radical (unpaired) electrons. The molecule has 1 fully saturated rings. The van der Waals surface area contributed by atoms with Gasteiger partial charge in [-0.3, -0.25) is 4.90 Å². The van der Waals surface area contributed by atoms with Gasteiger partial charge in [0, 0.05) is 37.6 Å². The van der Waals surface area contributed by atoms with Gasteiger partial charge in [0.15, 0.2) is 5.11 Å². The standard InChI is InChI=1S/C26H33N3O2S2/c1-2-31-25(30)23-21-13-7-4-8-14-22(21)33-24(23)27-26(32)29-18-16-28(17-19-29)15-9-12-20-10-5-3-6-11-20/h3,5-6,9-12H,2,4,7-8,13-19H2,1H3,(H,27,32)/b12-9+. The van der Waals surface area contributed by atoms with E-state index in [0.717, 1.165) is 57.0 Å². The molecular weight excluding hydrogens is 450 g/mol. The van der Waals surface area contributed by atoms with Gasteiger partial charge in [-0.25, -0.2) is 4.79 Å². The molecule has 0 spiro atoms. The number of fused-ring (bicyclic) bond motifs is 1. The second-order valence-corrected chi connectivity index (χ2v) is 10.0. The van der Waals surface area contributed by atoms with E-state index in [4.69, 9.17) is 17.0 Å². The molecule has 1 aliphatic heterocycles. The van der Waals surface area contributed by atoms with Gasteiger partial charge in [0.05, 0.1) is 12.2 Å². The van der Waals surface area contributed by atoms with E-state index in [9.17, 15) is 4.79 Å². The summed E-state index contributed by atoms with van der Waals surface area (Å²) in [5.74, 6) is -0.225. The third-order valence-corrected chi connectivity index (χ3v) is 7.82. The van der Waals surface area contributed by atoms with Crippen LogP contribution in [0.15, 0.2) is 36.4 Å². The third-order valence-electron chi connectivity index (χ3n) is 6.25. The molecule has 2 aromatic rings. The summed E-state index contributed by atoms with van der Waals surface area (Å²) < 4.78 is 5.40. The molecule has 176 valence electrons. The highest BCUT2D eigenvalue weighted by molar-refractivity contribution is 7.80. The van der Waals surface area contributed by atoms with E-state index in [1.807, 2.05) is 13.0 Å². The van der Waals surface area contributed by atoms with Gasteiger partial charge >= 0.3 is 5.97 Å². The first-order chi connectivity index (χ1) is 16.2. The van der Waals surface area contributed by atoms with Crippen LogP contribution in [-0.4, -0.2) is 60.2 Å². The van der Waals surface area contributed by atoms with Crippen molar-refractivity contribution in [3.8, 4) is 0 Å². The number of hydrogen-bond acceptors (Lipinski definition) is 5. The molecular formula is C26H33N3O2S2. The van der Waals surface area contributed by atoms with Crippen LogP contribution in [-0.2, 0) is 17.6 Å². The molecule has 5 nitrogen and oxygen atoms in total. The summed E-state index contributed by atoms with van der Waals surface area (Å²) in [5.41, 5.74) is 3.12. The lowest BCUT2D eigenvalue weighted by molar-refractivity contribution is 0.0527. The molecule has 0 amide bonds. The van der Waals surface area contributed by atoms with E-state index in [1.54, 1.807) is 11.3 Å². The Hall–Kier alpha value is -2.22. The first-order valence-corrected chi connectivity index (χ1v) is 13.2. The van der Waals surface area contributed by atoms with Crippen LogP contribution in [0.5, 0.6) is 0 Å². The second kappa shape index (κ2) is 11.8. The SMILES string of the molecule is CCOC(=O)c1c(NC(=S)N2CCN(C/C=C/c3ccccc3)CC2)sc2c1CCCCC2. The van der Waals surface area contributed by atoms with Crippen molar-refractivity contribution in [3.63, 3.8) is 0 Å². The lowest BCUT2D eigenvalue weighted by atomic mass is 10.1. The molecule has 4 rings (SSSR count). The Balaban J connectivity index is 1.35. The van der Waals surface area contributed by atoms with Crippen LogP contribution in [0.25, 0.3) is 6.08 Å².